The highest BCUT2D eigenvalue weighted by atomic mass is 16.5. The molecule has 0 unspecified atom stereocenters. The summed E-state index contributed by atoms with van der Waals surface area (Å²) < 4.78 is 8.20. The van der Waals surface area contributed by atoms with Crippen molar-refractivity contribution >= 4 is 16.9 Å². The number of benzene rings is 2. The number of rotatable bonds is 10. The summed E-state index contributed by atoms with van der Waals surface area (Å²) in [5.41, 5.74) is 4.45. The second-order valence-corrected chi connectivity index (χ2v) is 7.87. The van der Waals surface area contributed by atoms with Crippen molar-refractivity contribution in [3.8, 4) is 5.75 Å². The molecule has 5 nitrogen and oxygen atoms in total. The SMILES string of the molecule is CCC(CC)C(=O)NCc1nc2ccccc2n1CCCOc1ccc(C)cc1C. The predicted octanol–water partition coefficient (Wildman–Crippen LogP) is 5.17. The van der Waals surface area contributed by atoms with Gasteiger partial charge in [0.2, 0.25) is 5.91 Å². The van der Waals surface area contributed by atoms with Gasteiger partial charge in [-0.3, -0.25) is 4.79 Å². The molecule has 5 heteroatoms. The molecule has 0 bridgehead atoms. The molecule has 0 spiro atoms. The van der Waals surface area contributed by atoms with Gasteiger partial charge < -0.3 is 14.6 Å². The number of hydrogen-bond donors (Lipinski definition) is 1. The smallest absolute Gasteiger partial charge is 0.223 e. The largest absolute Gasteiger partial charge is 0.493 e. The Balaban J connectivity index is 1.66. The number of carbonyl (C=O) groups excluding carboxylic acids is 1. The Morgan fingerprint density at radius 1 is 1.13 bits per heavy atom. The molecule has 0 atom stereocenters. The molecule has 3 rings (SSSR count). The first-order valence-corrected chi connectivity index (χ1v) is 10.9. The quantitative estimate of drug-likeness (QED) is 0.472. The highest BCUT2D eigenvalue weighted by Gasteiger charge is 2.16. The first-order valence-electron chi connectivity index (χ1n) is 10.9. The molecule has 1 aromatic heterocycles. The number of ether oxygens (including phenoxy) is 1. The number of aromatic nitrogens is 2. The minimum atomic E-state index is 0.0639. The molecule has 0 saturated carbocycles. The Labute approximate surface area is 179 Å². The molecule has 3 aromatic rings. The lowest BCUT2D eigenvalue weighted by atomic mass is 10.0. The Morgan fingerprint density at radius 3 is 2.63 bits per heavy atom. The predicted molar refractivity (Wildman–Crippen MR) is 122 cm³/mol. The molecule has 0 aliphatic carbocycles. The van der Waals surface area contributed by atoms with E-state index in [1.165, 1.54) is 5.56 Å². The van der Waals surface area contributed by atoms with Gasteiger partial charge in [0.15, 0.2) is 0 Å². The molecule has 1 amide bonds. The number of imidazole rings is 1. The first-order chi connectivity index (χ1) is 14.5. The molecule has 2 aromatic carbocycles. The number of aryl methyl sites for hydroxylation is 3. The topological polar surface area (TPSA) is 56.2 Å². The van der Waals surface area contributed by atoms with Crippen LogP contribution in [0.2, 0.25) is 0 Å². The van der Waals surface area contributed by atoms with Gasteiger partial charge in [0.05, 0.1) is 24.2 Å². The Hall–Kier alpha value is -2.82. The summed E-state index contributed by atoms with van der Waals surface area (Å²) in [5.74, 6) is 2.00. The minimum absolute atomic E-state index is 0.0639. The lowest BCUT2D eigenvalue weighted by Crippen LogP contribution is -2.30. The second kappa shape index (κ2) is 10.3. The Morgan fingerprint density at radius 2 is 1.90 bits per heavy atom. The van der Waals surface area contributed by atoms with E-state index in [9.17, 15) is 4.79 Å². The van der Waals surface area contributed by atoms with Crippen molar-refractivity contribution in [1.29, 1.82) is 0 Å². The van der Waals surface area contributed by atoms with E-state index < -0.39 is 0 Å². The molecule has 0 fully saturated rings. The van der Waals surface area contributed by atoms with E-state index in [0.29, 0.717) is 13.2 Å². The van der Waals surface area contributed by atoms with Gasteiger partial charge in [-0.25, -0.2) is 4.98 Å². The van der Waals surface area contributed by atoms with E-state index in [1.807, 2.05) is 24.3 Å². The van der Waals surface area contributed by atoms with E-state index in [1.54, 1.807) is 0 Å². The molecule has 1 heterocycles. The van der Waals surface area contributed by atoms with Crippen LogP contribution in [0.25, 0.3) is 11.0 Å². The maximum absolute atomic E-state index is 12.4. The maximum Gasteiger partial charge on any atom is 0.223 e. The second-order valence-electron chi connectivity index (χ2n) is 7.87. The van der Waals surface area contributed by atoms with Crippen molar-refractivity contribution in [1.82, 2.24) is 14.9 Å². The zero-order chi connectivity index (χ0) is 21.5. The van der Waals surface area contributed by atoms with Crippen LogP contribution in [0.1, 0.15) is 50.1 Å². The lowest BCUT2D eigenvalue weighted by Gasteiger charge is -2.14. The molecule has 0 saturated heterocycles. The van der Waals surface area contributed by atoms with Gasteiger partial charge in [-0.15, -0.1) is 0 Å². The monoisotopic (exact) mass is 407 g/mol. The number of carbonyl (C=O) groups is 1. The van der Waals surface area contributed by atoms with Crippen molar-refractivity contribution in [3.63, 3.8) is 0 Å². The lowest BCUT2D eigenvalue weighted by molar-refractivity contribution is -0.125. The third kappa shape index (κ3) is 5.21. The van der Waals surface area contributed by atoms with Crippen molar-refractivity contribution in [2.75, 3.05) is 6.61 Å². The van der Waals surface area contributed by atoms with Crippen molar-refractivity contribution in [2.24, 2.45) is 5.92 Å². The zero-order valence-electron chi connectivity index (χ0n) is 18.6. The maximum atomic E-state index is 12.4. The molecule has 0 aliphatic rings. The van der Waals surface area contributed by atoms with Crippen molar-refractivity contribution in [2.45, 2.75) is 60.0 Å². The van der Waals surface area contributed by atoms with E-state index in [2.05, 4.69) is 55.8 Å². The molecular weight excluding hydrogens is 374 g/mol. The fourth-order valence-corrected chi connectivity index (χ4v) is 3.85. The van der Waals surface area contributed by atoms with Crippen molar-refractivity contribution in [3.05, 3.63) is 59.4 Å². The number of nitrogens with zero attached hydrogens (tertiary/aromatic N) is 2. The third-order valence-electron chi connectivity index (χ3n) is 5.62. The molecule has 0 radical (unpaired) electrons. The molecule has 30 heavy (non-hydrogen) atoms. The number of fused-ring (bicyclic) bond motifs is 1. The third-order valence-corrected chi connectivity index (χ3v) is 5.62. The van der Waals surface area contributed by atoms with Gasteiger partial charge in [0.25, 0.3) is 0 Å². The van der Waals surface area contributed by atoms with Gasteiger partial charge in [-0.2, -0.15) is 0 Å². The number of para-hydroxylation sites is 2. The number of amides is 1. The van der Waals surface area contributed by atoms with E-state index in [-0.39, 0.29) is 11.8 Å². The normalized spacial score (nSPS) is 11.2. The van der Waals surface area contributed by atoms with Crippen LogP contribution in [0.3, 0.4) is 0 Å². The van der Waals surface area contributed by atoms with Gasteiger partial charge in [-0.1, -0.05) is 43.7 Å². The zero-order valence-corrected chi connectivity index (χ0v) is 18.6. The molecular formula is C25H33N3O2. The summed E-state index contributed by atoms with van der Waals surface area (Å²) in [6.07, 6.45) is 2.57. The van der Waals surface area contributed by atoms with Crippen LogP contribution < -0.4 is 10.1 Å². The molecule has 1 N–H and O–H groups in total. The van der Waals surface area contributed by atoms with Gasteiger partial charge >= 0.3 is 0 Å². The van der Waals surface area contributed by atoms with E-state index >= 15 is 0 Å². The van der Waals surface area contributed by atoms with E-state index in [0.717, 1.165) is 54.0 Å². The Kier molecular flexibility index (Phi) is 7.50. The fraction of sp³-hybridized carbons (Fsp3) is 0.440. The first kappa shape index (κ1) is 21.9. The highest BCUT2D eigenvalue weighted by Crippen LogP contribution is 2.20. The summed E-state index contributed by atoms with van der Waals surface area (Å²) in [6.45, 7) is 10.1. The van der Waals surface area contributed by atoms with E-state index in [4.69, 9.17) is 9.72 Å². The van der Waals surface area contributed by atoms with Crippen LogP contribution in [-0.4, -0.2) is 22.1 Å². The van der Waals surface area contributed by atoms with Gasteiger partial charge in [-0.05, 0) is 56.9 Å². The van der Waals surface area contributed by atoms with Crippen molar-refractivity contribution < 1.29 is 9.53 Å². The molecule has 160 valence electrons. The van der Waals surface area contributed by atoms with Crippen LogP contribution in [0.4, 0.5) is 0 Å². The average Bonchev–Trinajstić information content (AvgIpc) is 3.09. The fourth-order valence-electron chi connectivity index (χ4n) is 3.85. The average molecular weight is 408 g/mol. The highest BCUT2D eigenvalue weighted by molar-refractivity contribution is 5.79. The van der Waals surface area contributed by atoms with Gasteiger partial charge in [0.1, 0.15) is 11.6 Å². The van der Waals surface area contributed by atoms with Crippen LogP contribution in [0, 0.1) is 19.8 Å². The van der Waals surface area contributed by atoms with Crippen LogP contribution >= 0.6 is 0 Å². The van der Waals surface area contributed by atoms with Gasteiger partial charge in [0, 0.05) is 12.5 Å². The summed E-state index contributed by atoms with van der Waals surface area (Å²) >= 11 is 0. The molecule has 0 aliphatic heterocycles. The number of hydrogen-bond acceptors (Lipinski definition) is 3. The van der Waals surface area contributed by atoms with Crippen LogP contribution in [-0.2, 0) is 17.9 Å². The standard InChI is InChI=1S/C25H33N3O2/c1-5-20(6-2)25(29)26-17-24-27-21-10-7-8-11-22(21)28(24)14-9-15-30-23-13-12-18(3)16-19(23)4/h7-8,10-13,16,20H,5-6,9,14-15,17H2,1-4H3,(H,26,29). The van der Waals surface area contributed by atoms with Crippen LogP contribution in [0.15, 0.2) is 42.5 Å². The minimum Gasteiger partial charge on any atom is -0.493 e. The summed E-state index contributed by atoms with van der Waals surface area (Å²) in [5, 5.41) is 3.08. The Bertz CT molecular complexity index is 989. The summed E-state index contributed by atoms with van der Waals surface area (Å²) in [4.78, 5) is 17.2. The summed E-state index contributed by atoms with van der Waals surface area (Å²) in [7, 11) is 0. The number of nitrogens with one attached hydrogen (secondary N) is 1. The van der Waals surface area contributed by atoms with Crippen LogP contribution in [0.5, 0.6) is 5.75 Å². The summed E-state index contributed by atoms with van der Waals surface area (Å²) in [6, 6.07) is 14.4.